The second-order valence-corrected chi connectivity index (χ2v) is 8.95. The normalized spacial score (nSPS) is 26.6. The molecular formula is C9H18ClNO4S2. The molecule has 102 valence electrons. The molecule has 2 atom stereocenters. The van der Waals surface area contributed by atoms with Gasteiger partial charge in [0, 0.05) is 11.9 Å². The van der Waals surface area contributed by atoms with E-state index in [0.29, 0.717) is 12.8 Å². The van der Waals surface area contributed by atoms with E-state index in [1.165, 1.54) is 0 Å². The van der Waals surface area contributed by atoms with Crippen molar-refractivity contribution in [3.63, 3.8) is 0 Å². The topological polar surface area (TPSA) is 80.3 Å². The van der Waals surface area contributed by atoms with Gasteiger partial charge in [-0.3, -0.25) is 0 Å². The van der Waals surface area contributed by atoms with Gasteiger partial charge < -0.3 is 0 Å². The fraction of sp³-hybridized carbons (Fsp3) is 1.00. The quantitative estimate of drug-likeness (QED) is 0.744. The summed E-state index contributed by atoms with van der Waals surface area (Å²) < 4.78 is 48.6. The van der Waals surface area contributed by atoms with Crippen LogP contribution in [0.3, 0.4) is 0 Å². The maximum Gasteiger partial charge on any atom is 0.212 e. The van der Waals surface area contributed by atoms with Gasteiger partial charge in [-0.15, -0.1) is 11.6 Å². The minimum Gasteiger partial charge on any atom is -0.229 e. The third kappa shape index (κ3) is 5.54. The summed E-state index contributed by atoms with van der Waals surface area (Å²) in [7, 11) is -6.53. The van der Waals surface area contributed by atoms with Crippen LogP contribution in [0.2, 0.25) is 0 Å². The largest absolute Gasteiger partial charge is 0.229 e. The van der Waals surface area contributed by atoms with E-state index in [1.54, 1.807) is 6.92 Å². The fourth-order valence-corrected chi connectivity index (χ4v) is 5.49. The molecule has 1 heterocycles. The van der Waals surface area contributed by atoms with Gasteiger partial charge in [-0.1, -0.05) is 6.92 Å². The first-order chi connectivity index (χ1) is 7.74. The van der Waals surface area contributed by atoms with E-state index in [1.807, 2.05) is 0 Å². The van der Waals surface area contributed by atoms with Gasteiger partial charge in [0.05, 0.1) is 17.3 Å². The number of hydrogen-bond acceptors (Lipinski definition) is 4. The smallest absolute Gasteiger partial charge is 0.212 e. The van der Waals surface area contributed by atoms with Crippen LogP contribution in [-0.2, 0) is 19.9 Å². The van der Waals surface area contributed by atoms with Crippen LogP contribution in [-0.4, -0.2) is 46.0 Å². The summed E-state index contributed by atoms with van der Waals surface area (Å²) in [5.41, 5.74) is 0. The van der Waals surface area contributed by atoms with Crippen LogP contribution >= 0.6 is 11.6 Å². The molecule has 2 unspecified atom stereocenters. The van der Waals surface area contributed by atoms with E-state index in [2.05, 4.69) is 4.72 Å². The molecule has 0 aliphatic carbocycles. The average molecular weight is 304 g/mol. The van der Waals surface area contributed by atoms with Crippen molar-refractivity contribution < 1.29 is 16.8 Å². The minimum atomic E-state index is -3.44. The Hall–Kier alpha value is 0.150. The highest BCUT2D eigenvalue weighted by Gasteiger charge is 2.28. The molecule has 1 fully saturated rings. The van der Waals surface area contributed by atoms with Gasteiger partial charge in [0.15, 0.2) is 9.84 Å². The number of sulfone groups is 1. The van der Waals surface area contributed by atoms with Crippen molar-refractivity contribution in [2.75, 3.05) is 23.1 Å². The predicted octanol–water partition coefficient (Wildman–Crippen LogP) is 0.358. The third-order valence-electron chi connectivity index (χ3n) is 2.58. The van der Waals surface area contributed by atoms with Crippen molar-refractivity contribution in [1.29, 1.82) is 0 Å². The molecule has 0 aromatic carbocycles. The van der Waals surface area contributed by atoms with Gasteiger partial charge in [-0.25, -0.2) is 21.6 Å². The Bertz CT molecular complexity index is 446. The van der Waals surface area contributed by atoms with Gasteiger partial charge in [-0.05, 0) is 18.8 Å². The first kappa shape index (κ1) is 15.2. The number of rotatable bonds is 5. The number of hydrogen-bond donors (Lipinski definition) is 1. The van der Waals surface area contributed by atoms with Gasteiger partial charge in [0.25, 0.3) is 0 Å². The lowest BCUT2D eigenvalue weighted by Crippen LogP contribution is -2.44. The van der Waals surface area contributed by atoms with E-state index in [0.717, 1.165) is 0 Å². The SMILES string of the molecule is CC(CCl)CS(=O)(=O)NC1CCCS(=O)(=O)C1. The highest BCUT2D eigenvalue weighted by molar-refractivity contribution is 7.91. The molecule has 1 aliphatic rings. The van der Waals surface area contributed by atoms with Crippen molar-refractivity contribution >= 4 is 31.5 Å². The number of nitrogens with one attached hydrogen (secondary N) is 1. The van der Waals surface area contributed by atoms with Crippen LogP contribution in [0.1, 0.15) is 19.8 Å². The highest BCUT2D eigenvalue weighted by Crippen LogP contribution is 2.13. The lowest BCUT2D eigenvalue weighted by atomic mass is 10.2. The summed E-state index contributed by atoms with van der Waals surface area (Å²) in [4.78, 5) is 0. The molecule has 0 radical (unpaired) electrons. The van der Waals surface area contributed by atoms with Gasteiger partial charge in [-0.2, -0.15) is 0 Å². The summed E-state index contributed by atoms with van der Waals surface area (Å²) in [5.74, 6) is 0.121. The molecular weight excluding hydrogens is 286 g/mol. The van der Waals surface area contributed by atoms with E-state index in [-0.39, 0.29) is 29.1 Å². The Morgan fingerprint density at radius 1 is 1.47 bits per heavy atom. The zero-order valence-corrected chi connectivity index (χ0v) is 12.1. The highest BCUT2D eigenvalue weighted by atomic mass is 35.5. The van der Waals surface area contributed by atoms with Crippen LogP contribution in [0.4, 0.5) is 0 Å². The molecule has 1 aliphatic heterocycles. The second-order valence-electron chi connectivity index (χ2n) is 4.61. The van der Waals surface area contributed by atoms with Crippen LogP contribution in [0, 0.1) is 5.92 Å². The Labute approximate surface area is 108 Å². The van der Waals surface area contributed by atoms with Crippen LogP contribution in [0.5, 0.6) is 0 Å². The first-order valence-electron chi connectivity index (χ1n) is 5.50. The lowest BCUT2D eigenvalue weighted by molar-refractivity contribution is 0.513. The van der Waals surface area contributed by atoms with Gasteiger partial charge in [0.2, 0.25) is 10.0 Å². The van der Waals surface area contributed by atoms with Crippen LogP contribution in [0.25, 0.3) is 0 Å². The lowest BCUT2D eigenvalue weighted by Gasteiger charge is -2.23. The Morgan fingerprint density at radius 3 is 2.65 bits per heavy atom. The maximum absolute atomic E-state index is 11.7. The van der Waals surface area contributed by atoms with Crippen molar-refractivity contribution in [3.8, 4) is 0 Å². The molecule has 1 rings (SSSR count). The van der Waals surface area contributed by atoms with E-state index in [4.69, 9.17) is 11.6 Å². The Kier molecular flexibility index (Phi) is 5.24. The van der Waals surface area contributed by atoms with Crippen molar-refractivity contribution in [1.82, 2.24) is 4.72 Å². The van der Waals surface area contributed by atoms with E-state index in [9.17, 15) is 16.8 Å². The van der Waals surface area contributed by atoms with Crippen molar-refractivity contribution in [2.24, 2.45) is 5.92 Å². The minimum absolute atomic E-state index is 0.0625. The van der Waals surface area contributed by atoms with Gasteiger partial charge >= 0.3 is 0 Å². The van der Waals surface area contributed by atoms with Crippen molar-refractivity contribution in [2.45, 2.75) is 25.8 Å². The Morgan fingerprint density at radius 2 is 2.12 bits per heavy atom. The Balaban J connectivity index is 2.59. The summed E-state index contributed by atoms with van der Waals surface area (Å²) in [6.07, 6.45) is 1.09. The molecule has 0 spiro atoms. The number of sulfonamides is 1. The maximum atomic E-state index is 11.7. The molecule has 8 heteroatoms. The first-order valence-corrected chi connectivity index (χ1v) is 9.51. The predicted molar refractivity (Wildman–Crippen MR) is 68.5 cm³/mol. The van der Waals surface area contributed by atoms with E-state index < -0.39 is 25.9 Å². The summed E-state index contributed by atoms with van der Waals surface area (Å²) >= 11 is 5.56. The van der Waals surface area contributed by atoms with Crippen molar-refractivity contribution in [3.05, 3.63) is 0 Å². The molecule has 1 N–H and O–H groups in total. The van der Waals surface area contributed by atoms with Crippen LogP contribution < -0.4 is 4.72 Å². The molecule has 0 saturated carbocycles. The molecule has 0 bridgehead atoms. The molecule has 1 saturated heterocycles. The zero-order chi connectivity index (χ0) is 13.1. The fourth-order valence-electron chi connectivity index (χ4n) is 1.84. The zero-order valence-electron chi connectivity index (χ0n) is 9.72. The standard InChI is InChI=1S/C9H18ClNO4S2/c1-8(5-10)6-17(14,15)11-9-3-2-4-16(12,13)7-9/h8-9,11H,2-7H2,1H3. The van der Waals surface area contributed by atoms with E-state index >= 15 is 0 Å². The second kappa shape index (κ2) is 5.86. The molecule has 5 nitrogen and oxygen atoms in total. The summed E-state index contributed by atoms with van der Waals surface area (Å²) in [6, 6.07) is -0.485. The molecule has 0 amide bonds. The van der Waals surface area contributed by atoms with Crippen LogP contribution in [0.15, 0.2) is 0 Å². The number of halogens is 1. The summed E-state index contributed by atoms with van der Waals surface area (Å²) in [6.45, 7) is 1.74. The average Bonchev–Trinajstić information content (AvgIpc) is 2.14. The molecule has 0 aromatic rings. The third-order valence-corrected chi connectivity index (χ3v) is 6.62. The summed E-state index contributed by atoms with van der Waals surface area (Å²) in [5, 5.41) is 0. The molecule has 0 aromatic heterocycles. The molecule has 17 heavy (non-hydrogen) atoms. The monoisotopic (exact) mass is 303 g/mol. The number of alkyl halides is 1. The van der Waals surface area contributed by atoms with Gasteiger partial charge in [0.1, 0.15) is 0 Å².